The van der Waals surface area contributed by atoms with Crippen LogP contribution in [0.15, 0.2) is 18.2 Å². The molecule has 0 bridgehead atoms. The number of rotatable bonds is 3. The topological polar surface area (TPSA) is 55.1 Å². The van der Waals surface area contributed by atoms with E-state index >= 15 is 0 Å². The van der Waals surface area contributed by atoms with Gasteiger partial charge in [0.1, 0.15) is 0 Å². The van der Waals surface area contributed by atoms with Crippen molar-refractivity contribution in [2.24, 2.45) is 11.1 Å². The smallest absolute Gasteiger partial charge is 0.251 e. The molecule has 0 aliphatic heterocycles. The molecule has 1 aromatic carbocycles. The van der Waals surface area contributed by atoms with Crippen molar-refractivity contribution in [2.75, 3.05) is 13.1 Å². The molecule has 0 aromatic heterocycles. The predicted octanol–water partition coefficient (Wildman–Crippen LogP) is 2.47. The number of hydrogen-bond donors (Lipinski definition) is 2. The first-order chi connectivity index (χ1) is 9.33. The molecule has 0 atom stereocenters. The highest BCUT2D eigenvalue weighted by Crippen LogP contribution is 2.17. The summed E-state index contributed by atoms with van der Waals surface area (Å²) in [7, 11) is 0. The second-order valence-corrected chi connectivity index (χ2v) is 6.10. The van der Waals surface area contributed by atoms with Gasteiger partial charge in [-0.25, -0.2) is 0 Å². The first kappa shape index (κ1) is 16.3. The summed E-state index contributed by atoms with van der Waals surface area (Å²) in [6.07, 6.45) is 0.949. The van der Waals surface area contributed by atoms with Gasteiger partial charge in [-0.2, -0.15) is 0 Å². The highest BCUT2D eigenvalue weighted by molar-refractivity contribution is 5.96. The van der Waals surface area contributed by atoms with Crippen LogP contribution in [-0.2, 0) is 0 Å². The Morgan fingerprint density at radius 1 is 1.35 bits per heavy atom. The molecule has 1 rings (SSSR count). The lowest BCUT2D eigenvalue weighted by Gasteiger charge is -2.18. The Bertz CT molecular complexity index is 530. The fraction of sp³-hybridized carbons (Fsp3) is 0.471. The third-order valence-corrected chi connectivity index (χ3v) is 2.98. The number of aryl methyl sites for hydroxylation is 1. The number of nitrogens with two attached hydrogens (primary N) is 1. The average molecular weight is 272 g/mol. The summed E-state index contributed by atoms with van der Waals surface area (Å²) < 4.78 is 0. The van der Waals surface area contributed by atoms with Crippen molar-refractivity contribution >= 4 is 5.91 Å². The molecule has 0 unspecified atom stereocenters. The number of benzene rings is 1. The van der Waals surface area contributed by atoms with Crippen molar-refractivity contribution < 1.29 is 4.79 Å². The maximum atomic E-state index is 12.2. The van der Waals surface area contributed by atoms with Gasteiger partial charge in [0.05, 0.1) is 6.54 Å². The summed E-state index contributed by atoms with van der Waals surface area (Å²) >= 11 is 0. The standard InChI is InChI=1S/C17H24N2O/c1-13-7-8-14(6-5-10-18)12-15(13)16(20)19-11-9-17(2,3)4/h7-8,12H,9-11,18H2,1-4H3,(H,19,20). The van der Waals surface area contributed by atoms with Crippen molar-refractivity contribution in [3.8, 4) is 11.8 Å². The van der Waals surface area contributed by atoms with Crippen molar-refractivity contribution in [1.82, 2.24) is 5.32 Å². The van der Waals surface area contributed by atoms with Gasteiger partial charge < -0.3 is 11.1 Å². The van der Waals surface area contributed by atoms with Crippen LogP contribution in [-0.4, -0.2) is 19.0 Å². The fourth-order valence-electron chi connectivity index (χ4n) is 1.74. The second-order valence-electron chi connectivity index (χ2n) is 6.10. The van der Waals surface area contributed by atoms with Crippen molar-refractivity contribution in [3.05, 3.63) is 34.9 Å². The average Bonchev–Trinajstić information content (AvgIpc) is 2.36. The normalized spacial score (nSPS) is 10.7. The molecule has 1 aromatic rings. The first-order valence-corrected chi connectivity index (χ1v) is 6.91. The molecule has 0 saturated heterocycles. The van der Waals surface area contributed by atoms with Crippen molar-refractivity contribution in [1.29, 1.82) is 0 Å². The van der Waals surface area contributed by atoms with Gasteiger partial charge in [-0.1, -0.05) is 38.7 Å². The van der Waals surface area contributed by atoms with E-state index in [1.54, 1.807) is 0 Å². The van der Waals surface area contributed by atoms with Crippen LogP contribution in [0.5, 0.6) is 0 Å². The quantitative estimate of drug-likeness (QED) is 0.831. The third-order valence-electron chi connectivity index (χ3n) is 2.98. The van der Waals surface area contributed by atoms with E-state index < -0.39 is 0 Å². The van der Waals surface area contributed by atoms with Crippen molar-refractivity contribution in [3.63, 3.8) is 0 Å². The molecule has 1 amide bonds. The Kier molecular flexibility index (Phi) is 5.79. The Hall–Kier alpha value is -1.79. The minimum absolute atomic E-state index is 0.0388. The zero-order valence-corrected chi connectivity index (χ0v) is 12.8. The molecule has 0 spiro atoms. The minimum Gasteiger partial charge on any atom is -0.352 e. The zero-order chi connectivity index (χ0) is 15.2. The number of carbonyl (C=O) groups excluding carboxylic acids is 1. The predicted molar refractivity (Wildman–Crippen MR) is 83.5 cm³/mol. The summed E-state index contributed by atoms with van der Waals surface area (Å²) in [6, 6.07) is 5.65. The van der Waals surface area contributed by atoms with Crippen LogP contribution in [0.2, 0.25) is 0 Å². The van der Waals surface area contributed by atoms with Crippen LogP contribution < -0.4 is 11.1 Å². The highest BCUT2D eigenvalue weighted by Gasteiger charge is 2.12. The Balaban J connectivity index is 2.76. The summed E-state index contributed by atoms with van der Waals surface area (Å²) in [5.41, 5.74) is 8.04. The lowest BCUT2D eigenvalue weighted by atomic mass is 9.92. The van der Waals surface area contributed by atoms with E-state index in [0.29, 0.717) is 18.7 Å². The zero-order valence-electron chi connectivity index (χ0n) is 12.8. The number of carbonyl (C=O) groups is 1. The van der Waals surface area contributed by atoms with E-state index in [9.17, 15) is 4.79 Å². The van der Waals surface area contributed by atoms with Gasteiger partial charge in [0.15, 0.2) is 0 Å². The van der Waals surface area contributed by atoms with Gasteiger partial charge in [0.2, 0.25) is 0 Å². The molecule has 3 heteroatoms. The number of hydrogen-bond acceptors (Lipinski definition) is 2. The molecule has 0 saturated carbocycles. The van der Waals surface area contributed by atoms with E-state index in [2.05, 4.69) is 37.9 Å². The van der Waals surface area contributed by atoms with E-state index in [-0.39, 0.29) is 11.3 Å². The van der Waals surface area contributed by atoms with E-state index in [0.717, 1.165) is 17.5 Å². The van der Waals surface area contributed by atoms with E-state index in [1.165, 1.54) is 0 Å². The molecular formula is C17H24N2O. The summed E-state index contributed by atoms with van der Waals surface area (Å²) in [6.45, 7) is 9.41. The third kappa shape index (κ3) is 5.46. The molecule has 108 valence electrons. The molecule has 3 N–H and O–H groups in total. The summed E-state index contributed by atoms with van der Waals surface area (Å²) in [5, 5.41) is 2.97. The minimum atomic E-state index is -0.0388. The number of nitrogens with one attached hydrogen (secondary N) is 1. The Labute approximate surface area is 121 Å². The lowest BCUT2D eigenvalue weighted by molar-refractivity contribution is 0.0949. The molecule has 20 heavy (non-hydrogen) atoms. The van der Waals surface area contributed by atoms with Crippen LogP contribution in [0.3, 0.4) is 0 Å². The molecule has 0 heterocycles. The Morgan fingerprint density at radius 2 is 2.05 bits per heavy atom. The second kappa shape index (κ2) is 7.12. The van der Waals surface area contributed by atoms with Gasteiger partial charge in [-0.3, -0.25) is 4.79 Å². The lowest BCUT2D eigenvalue weighted by Crippen LogP contribution is -2.27. The Morgan fingerprint density at radius 3 is 2.65 bits per heavy atom. The summed E-state index contributed by atoms with van der Waals surface area (Å²) in [4.78, 5) is 12.2. The first-order valence-electron chi connectivity index (χ1n) is 6.91. The van der Waals surface area contributed by atoms with E-state index in [4.69, 9.17) is 5.73 Å². The van der Waals surface area contributed by atoms with Crippen LogP contribution in [0.1, 0.15) is 48.7 Å². The molecular weight excluding hydrogens is 248 g/mol. The van der Waals surface area contributed by atoms with Gasteiger partial charge in [-0.15, -0.1) is 0 Å². The van der Waals surface area contributed by atoms with Gasteiger partial charge in [-0.05, 0) is 36.5 Å². The molecule has 0 fully saturated rings. The van der Waals surface area contributed by atoms with Gasteiger partial charge in [0, 0.05) is 17.7 Å². The molecule has 0 aliphatic rings. The molecule has 0 radical (unpaired) electrons. The van der Waals surface area contributed by atoms with Gasteiger partial charge >= 0.3 is 0 Å². The van der Waals surface area contributed by atoms with Crippen LogP contribution in [0.25, 0.3) is 0 Å². The summed E-state index contributed by atoms with van der Waals surface area (Å²) in [5.74, 6) is 5.71. The molecule has 3 nitrogen and oxygen atoms in total. The largest absolute Gasteiger partial charge is 0.352 e. The fourth-order valence-corrected chi connectivity index (χ4v) is 1.74. The SMILES string of the molecule is Cc1ccc(C#CCN)cc1C(=O)NCCC(C)(C)C. The van der Waals surface area contributed by atoms with Crippen LogP contribution >= 0.6 is 0 Å². The molecule has 0 aliphatic carbocycles. The van der Waals surface area contributed by atoms with Crippen molar-refractivity contribution in [2.45, 2.75) is 34.1 Å². The maximum Gasteiger partial charge on any atom is 0.251 e. The van der Waals surface area contributed by atoms with E-state index in [1.807, 2.05) is 25.1 Å². The van der Waals surface area contributed by atoms with Gasteiger partial charge in [0.25, 0.3) is 5.91 Å². The highest BCUT2D eigenvalue weighted by atomic mass is 16.1. The monoisotopic (exact) mass is 272 g/mol. The van der Waals surface area contributed by atoms with Crippen LogP contribution in [0, 0.1) is 24.2 Å². The maximum absolute atomic E-state index is 12.2. The van der Waals surface area contributed by atoms with Crippen LogP contribution in [0.4, 0.5) is 0 Å². The number of amides is 1.